The lowest BCUT2D eigenvalue weighted by atomic mass is 10.0. The van der Waals surface area contributed by atoms with Crippen LogP contribution < -0.4 is 10.4 Å². The van der Waals surface area contributed by atoms with Gasteiger partial charge in [0, 0.05) is 5.22 Å². The number of benzene rings is 2. The molecule has 3 heteroatoms. The third-order valence-corrected chi connectivity index (χ3v) is 3.58. The molecule has 3 nitrogen and oxygen atoms in total. The van der Waals surface area contributed by atoms with E-state index in [0.717, 1.165) is 21.9 Å². The van der Waals surface area contributed by atoms with Gasteiger partial charge in [-0.25, -0.2) is 4.79 Å². The normalized spacial score (nSPS) is 12.8. The zero-order chi connectivity index (χ0) is 15.7. The second-order valence-corrected chi connectivity index (χ2v) is 5.44. The lowest BCUT2D eigenvalue weighted by molar-refractivity contribution is -0.140. The average Bonchev–Trinajstić information content (AvgIpc) is 2.87. The number of hydrogen-bond donors (Lipinski definition) is 0. The second-order valence-electron chi connectivity index (χ2n) is 5.44. The zero-order valence-corrected chi connectivity index (χ0v) is 12.5. The summed E-state index contributed by atoms with van der Waals surface area (Å²) in [5.74, 6) is -0.574. The topological polar surface area (TPSA) is 50.1 Å². The molecule has 108 valence electrons. The smallest absolute Gasteiger partial charge is 0.349 e. The number of esters is 1. The van der Waals surface area contributed by atoms with Crippen molar-refractivity contribution in [1.29, 1.82) is 5.26 Å². The van der Waals surface area contributed by atoms with E-state index >= 15 is 0 Å². The van der Waals surface area contributed by atoms with E-state index in [1.807, 2.05) is 48.5 Å². The lowest BCUT2D eigenvalue weighted by Gasteiger charge is -2.07. The molecule has 0 aliphatic heterocycles. The van der Waals surface area contributed by atoms with Gasteiger partial charge in [-0.15, -0.1) is 0 Å². The quantitative estimate of drug-likeness (QED) is 0.679. The summed E-state index contributed by atoms with van der Waals surface area (Å²) in [4.78, 5) is 12.2. The van der Waals surface area contributed by atoms with Crippen LogP contribution in [0.2, 0.25) is 0 Å². The van der Waals surface area contributed by atoms with Crippen LogP contribution in [0.25, 0.3) is 22.8 Å². The Morgan fingerprint density at radius 2 is 1.82 bits per heavy atom. The molecule has 0 atom stereocenters. The van der Waals surface area contributed by atoms with Crippen LogP contribution >= 0.6 is 0 Å². The van der Waals surface area contributed by atoms with Crippen LogP contribution in [0.4, 0.5) is 0 Å². The summed E-state index contributed by atoms with van der Waals surface area (Å²) in [6, 6.07) is 15.7. The van der Waals surface area contributed by atoms with Gasteiger partial charge in [0.25, 0.3) is 0 Å². The Bertz CT molecular complexity index is 917. The van der Waals surface area contributed by atoms with Crippen molar-refractivity contribution in [2.45, 2.75) is 20.0 Å². The van der Waals surface area contributed by atoms with Crippen molar-refractivity contribution in [3.8, 4) is 17.2 Å². The Hall–Kier alpha value is -2.86. The highest BCUT2D eigenvalue weighted by Crippen LogP contribution is 2.24. The van der Waals surface area contributed by atoms with E-state index in [2.05, 4.69) is 0 Å². The van der Waals surface area contributed by atoms with Gasteiger partial charge in [-0.2, -0.15) is 5.26 Å². The first kappa shape index (κ1) is 14.1. The van der Waals surface area contributed by atoms with Crippen molar-refractivity contribution in [2.75, 3.05) is 0 Å². The minimum absolute atomic E-state index is 0.0506. The fourth-order valence-electron chi connectivity index (χ4n) is 2.69. The van der Waals surface area contributed by atoms with E-state index < -0.39 is 5.97 Å². The monoisotopic (exact) mass is 289 g/mol. The number of ether oxygens (including phenoxy) is 1. The minimum atomic E-state index is -0.574. The summed E-state index contributed by atoms with van der Waals surface area (Å²) >= 11 is 0. The number of nitriles is 1. The van der Waals surface area contributed by atoms with Crippen molar-refractivity contribution in [1.82, 2.24) is 0 Å². The predicted molar refractivity (Wildman–Crippen MR) is 84.9 cm³/mol. The SMILES string of the molecule is CC(C)OC(=O)C(C#N)=c1cccc2c1=Cc1ccccc1-2. The van der Waals surface area contributed by atoms with Crippen LogP contribution in [0.3, 0.4) is 0 Å². The number of rotatable bonds is 2. The zero-order valence-electron chi connectivity index (χ0n) is 12.5. The van der Waals surface area contributed by atoms with Crippen LogP contribution in [0.5, 0.6) is 0 Å². The Balaban J connectivity index is 2.29. The molecule has 1 aliphatic rings. The number of fused-ring (bicyclic) bond motifs is 3. The Morgan fingerprint density at radius 1 is 1.09 bits per heavy atom. The summed E-state index contributed by atoms with van der Waals surface area (Å²) in [5.41, 5.74) is 3.31. The van der Waals surface area contributed by atoms with Crippen LogP contribution in [-0.2, 0) is 9.53 Å². The largest absolute Gasteiger partial charge is 0.459 e. The highest BCUT2D eigenvalue weighted by molar-refractivity contribution is 6.15. The molecule has 22 heavy (non-hydrogen) atoms. The molecule has 0 N–H and O–H groups in total. The highest BCUT2D eigenvalue weighted by atomic mass is 16.5. The standard InChI is InChI=1S/C19H15NO2/c1-12(2)22-19(21)18(11-20)16-9-5-8-15-14-7-4-3-6-13(14)10-17(15)16/h3-10,12H,1-2H3. The summed E-state index contributed by atoms with van der Waals surface area (Å²) < 4.78 is 5.18. The van der Waals surface area contributed by atoms with E-state index in [1.165, 1.54) is 0 Å². The minimum Gasteiger partial charge on any atom is -0.459 e. The lowest BCUT2D eigenvalue weighted by Crippen LogP contribution is -2.30. The molecule has 0 spiro atoms. The second kappa shape index (κ2) is 5.50. The first-order valence-electron chi connectivity index (χ1n) is 7.17. The van der Waals surface area contributed by atoms with Gasteiger partial charge in [-0.05, 0) is 41.8 Å². The predicted octanol–water partition coefficient (Wildman–Crippen LogP) is 2.12. The van der Waals surface area contributed by atoms with Gasteiger partial charge in [-0.1, -0.05) is 42.5 Å². The molecule has 2 aromatic rings. The molecule has 2 aromatic carbocycles. The third kappa shape index (κ3) is 2.29. The van der Waals surface area contributed by atoms with E-state index in [-0.39, 0.29) is 11.7 Å². The molecule has 0 saturated carbocycles. The maximum absolute atomic E-state index is 12.2. The van der Waals surface area contributed by atoms with Gasteiger partial charge in [-0.3, -0.25) is 0 Å². The van der Waals surface area contributed by atoms with Gasteiger partial charge < -0.3 is 4.74 Å². The molecule has 0 aromatic heterocycles. The van der Waals surface area contributed by atoms with Crippen molar-refractivity contribution >= 4 is 17.6 Å². The first-order valence-corrected chi connectivity index (χ1v) is 7.17. The van der Waals surface area contributed by atoms with Crippen LogP contribution in [0.15, 0.2) is 42.5 Å². The van der Waals surface area contributed by atoms with E-state index in [9.17, 15) is 10.1 Å². The van der Waals surface area contributed by atoms with Crippen LogP contribution in [0, 0.1) is 11.3 Å². The van der Waals surface area contributed by atoms with Crippen molar-refractivity contribution < 1.29 is 9.53 Å². The van der Waals surface area contributed by atoms with Gasteiger partial charge in [0.1, 0.15) is 11.6 Å². The van der Waals surface area contributed by atoms with Crippen molar-refractivity contribution in [3.63, 3.8) is 0 Å². The Labute approximate surface area is 128 Å². The number of carbonyl (C=O) groups excluding carboxylic acids is 1. The summed E-state index contributed by atoms with van der Waals surface area (Å²) in [6.07, 6.45) is 1.76. The van der Waals surface area contributed by atoms with Gasteiger partial charge in [0.05, 0.1) is 6.10 Å². The molecule has 0 fully saturated rings. The van der Waals surface area contributed by atoms with Crippen LogP contribution in [0.1, 0.15) is 19.4 Å². The molecular weight excluding hydrogens is 274 g/mol. The van der Waals surface area contributed by atoms with Crippen molar-refractivity contribution in [2.24, 2.45) is 0 Å². The van der Waals surface area contributed by atoms with E-state index in [4.69, 9.17) is 4.74 Å². The molecule has 0 unspecified atom stereocenters. The van der Waals surface area contributed by atoms with Crippen LogP contribution in [-0.4, -0.2) is 12.1 Å². The molecule has 0 bridgehead atoms. The van der Waals surface area contributed by atoms with Gasteiger partial charge in [0.15, 0.2) is 0 Å². The maximum atomic E-state index is 12.2. The Morgan fingerprint density at radius 3 is 2.55 bits per heavy atom. The molecule has 0 radical (unpaired) electrons. The van der Waals surface area contributed by atoms with Gasteiger partial charge >= 0.3 is 5.97 Å². The molecule has 0 saturated heterocycles. The fraction of sp³-hybridized carbons (Fsp3) is 0.158. The number of hydrogen-bond acceptors (Lipinski definition) is 3. The molecule has 1 aliphatic carbocycles. The third-order valence-electron chi connectivity index (χ3n) is 3.58. The summed E-state index contributed by atoms with van der Waals surface area (Å²) in [5, 5.41) is 10.9. The highest BCUT2D eigenvalue weighted by Gasteiger charge is 2.17. The maximum Gasteiger partial charge on any atom is 0.349 e. The molecule has 0 heterocycles. The molecule has 3 rings (SSSR count). The number of carbonyl (C=O) groups is 1. The van der Waals surface area contributed by atoms with E-state index in [0.29, 0.717) is 5.22 Å². The Kier molecular flexibility index (Phi) is 3.52. The first-order chi connectivity index (χ1) is 10.6. The summed E-state index contributed by atoms with van der Waals surface area (Å²) in [7, 11) is 0. The van der Waals surface area contributed by atoms with Crippen molar-refractivity contribution in [3.05, 3.63) is 58.5 Å². The summed E-state index contributed by atoms with van der Waals surface area (Å²) in [6.45, 7) is 3.54. The van der Waals surface area contributed by atoms with E-state index in [1.54, 1.807) is 19.9 Å². The molecule has 0 amide bonds. The average molecular weight is 289 g/mol. The fourth-order valence-corrected chi connectivity index (χ4v) is 2.69. The molecular formula is C19H15NO2. The van der Waals surface area contributed by atoms with Gasteiger partial charge in [0.2, 0.25) is 0 Å². The number of nitrogens with zero attached hydrogens (tertiary/aromatic N) is 1.